The zero-order valence-corrected chi connectivity index (χ0v) is 14.4. The summed E-state index contributed by atoms with van der Waals surface area (Å²) in [5.74, 6) is 1.71. The van der Waals surface area contributed by atoms with Crippen molar-refractivity contribution < 1.29 is 0 Å². The lowest BCUT2D eigenvalue weighted by Crippen LogP contribution is -2.73. The molecule has 1 unspecified atom stereocenters. The minimum atomic E-state index is 0.725. The molecule has 0 amide bonds. The van der Waals surface area contributed by atoms with Crippen molar-refractivity contribution in [3.63, 3.8) is 0 Å². The van der Waals surface area contributed by atoms with Gasteiger partial charge in [0.2, 0.25) is 0 Å². The summed E-state index contributed by atoms with van der Waals surface area (Å²) in [6, 6.07) is 10.7. The minimum absolute atomic E-state index is 0.725. The van der Waals surface area contributed by atoms with Gasteiger partial charge in [-0.15, -0.1) is 0 Å². The van der Waals surface area contributed by atoms with Gasteiger partial charge in [0, 0.05) is 37.6 Å². The Morgan fingerprint density at radius 3 is 2.39 bits per heavy atom. The van der Waals surface area contributed by atoms with Crippen molar-refractivity contribution in [2.24, 2.45) is 5.92 Å². The number of benzene rings is 1. The highest BCUT2D eigenvalue weighted by molar-refractivity contribution is 5.50. The van der Waals surface area contributed by atoms with Gasteiger partial charge < -0.3 is 5.32 Å². The Bertz CT molecular complexity index is 529. The van der Waals surface area contributed by atoms with Crippen LogP contribution in [0.5, 0.6) is 0 Å². The van der Waals surface area contributed by atoms with Crippen LogP contribution in [0.3, 0.4) is 0 Å². The van der Waals surface area contributed by atoms with Crippen LogP contribution in [0.1, 0.15) is 56.1 Å². The summed E-state index contributed by atoms with van der Waals surface area (Å²) >= 11 is 0. The molecule has 1 saturated carbocycles. The average molecular weight is 310 g/mol. The maximum Gasteiger partial charge on any atom is 0.0308 e. The Balaban J connectivity index is 1.44. The molecule has 23 heavy (non-hydrogen) atoms. The Labute approximate surface area is 141 Å². The van der Waals surface area contributed by atoms with Crippen molar-refractivity contribution in [3.8, 4) is 0 Å². The van der Waals surface area contributed by atoms with E-state index in [1.165, 1.54) is 57.3 Å². The van der Waals surface area contributed by atoms with Crippen molar-refractivity contribution in [1.82, 2.24) is 10.2 Å². The van der Waals surface area contributed by atoms with Crippen LogP contribution >= 0.6 is 0 Å². The van der Waals surface area contributed by atoms with E-state index >= 15 is 0 Å². The first kappa shape index (κ1) is 15.4. The number of hydrogen-bond acceptors (Lipinski definition) is 2. The van der Waals surface area contributed by atoms with Gasteiger partial charge in [0.15, 0.2) is 0 Å². The molecule has 124 valence electrons. The van der Waals surface area contributed by atoms with E-state index in [2.05, 4.69) is 53.6 Å². The largest absolute Gasteiger partial charge is 0.314 e. The molecule has 0 aromatic heterocycles. The molecule has 2 bridgehead atoms. The second kappa shape index (κ2) is 6.78. The highest BCUT2D eigenvalue weighted by atomic mass is 15.3. The average Bonchev–Trinajstić information content (AvgIpc) is 2.62. The molecule has 2 aliphatic heterocycles. The molecule has 3 atom stereocenters. The fraction of sp³-hybridized carbons (Fsp3) is 0.619. The number of allylic oxidation sites excluding steroid dienone is 1. The number of rotatable bonds is 4. The zero-order valence-electron chi connectivity index (χ0n) is 14.4. The Morgan fingerprint density at radius 1 is 1.04 bits per heavy atom. The van der Waals surface area contributed by atoms with E-state index in [-0.39, 0.29) is 0 Å². The highest BCUT2D eigenvalue weighted by Gasteiger charge is 2.51. The molecule has 4 rings (SSSR count). The predicted molar refractivity (Wildman–Crippen MR) is 97.6 cm³/mol. The molecule has 0 radical (unpaired) electrons. The SMILES string of the molecule is C/C=C/c1ccc(C2[C@H]3CNC[C@@H]2N3CC2CCCCC2)cc1. The van der Waals surface area contributed by atoms with Gasteiger partial charge in [0.05, 0.1) is 0 Å². The van der Waals surface area contributed by atoms with Crippen LogP contribution < -0.4 is 5.32 Å². The van der Waals surface area contributed by atoms with Crippen LogP contribution in [0.2, 0.25) is 0 Å². The Kier molecular flexibility index (Phi) is 4.54. The van der Waals surface area contributed by atoms with Crippen LogP contribution in [0, 0.1) is 5.92 Å². The first-order valence-electron chi connectivity index (χ1n) is 9.56. The van der Waals surface area contributed by atoms with Gasteiger partial charge in [-0.1, -0.05) is 55.7 Å². The summed E-state index contributed by atoms with van der Waals surface area (Å²) in [7, 11) is 0. The topological polar surface area (TPSA) is 15.3 Å². The number of likely N-dealkylation sites (tertiary alicyclic amines) is 1. The van der Waals surface area contributed by atoms with Gasteiger partial charge in [-0.05, 0) is 36.8 Å². The lowest BCUT2D eigenvalue weighted by Gasteiger charge is -2.60. The van der Waals surface area contributed by atoms with Gasteiger partial charge in [0.25, 0.3) is 0 Å². The summed E-state index contributed by atoms with van der Waals surface area (Å²) < 4.78 is 0. The smallest absolute Gasteiger partial charge is 0.0308 e. The van der Waals surface area contributed by atoms with E-state index in [1.54, 1.807) is 5.56 Å². The number of fused-ring (bicyclic) bond motifs is 2. The molecule has 2 heterocycles. The maximum absolute atomic E-state index is 3.63. The molecule has 0 spiro atoms. The molecule has 2 saturated heterocycles. The lowest BCUT2D eigenvalue weighted by atomic mass is 9.71. The summed E-state index contributed by atoms with van der Waals surface area (Å²) in [5.41, 5.74) is 2.87. The van der Waals surface area contributed by atoms with Crippen LogP contribution in [0.15, 0.2) is 30.3 Å². The highest BCUT2D eigenvalue weighted by Crippen LogP contribution is 2.43. The van der Waals surface area contributed by atoms with Gasteiger partial charge >= 0.3 is 0 Å². The molecule has 2 heteroatoms. The maximum atomic E-state index is 3.63. The molecule has 3 fully saturated rings. The molecular formula is C21H30N2. The lowest BCUT2D eigenvalue weighted by molar-refractivity contribution is -0.0544. The van der Waals surface area contributed by atoms with Crippen LogP contribution in [-0.2, 0) is 0 Å². The summed E-state index contributed by atoms with van der Waals surface area (Å²) in [6.07, 6.45) is 11.6. The molecular weight excluding hydrogens is 280 g/mol. The van der Waals surface area contributed by atoms with Crippen molar-refractivity contribution in [2.75, 3.05) is 19.6 Å². The van der Waals surface area contributed by atoms with E-state index < -0.39 is 0 Å². The third-order valence-electron chi connectivity index (χ3n) is 6.26. The van der Waals surface area contributed by atoms with Crippen LogP contribution in [0.4, 0.5) is 0 Å². The fourth-order valence-corrected chi connectivity index (χ4v) is 5.09. The van der Waals surface area contributed by atoms with Crippen molar-refractivity contribution in [1.29, 1.82) is 0 Å². The fourth-order valence-electron chi connectivity index (χ4n) is 5.09. The van der Waals surface area contributed by atoms with Gasteiger partial charge in [-0.25, -0.2) is 0 Å². The van der Waals surface area contributed by atoms with Crippen molar-refractivity contribution in [3.05, 3.63) is 41.5 Å². The van der Waals surface area contributed by atoms with E-state index in [0.717, 1.165) is 23.9 Å². The summed E-state index contributed by atoms with van der Waals surface area (Å²) in [6.45, 7) is 5.78. The number of hydrogen-bond donors (Lipinski definition) is 1. The molecule has 3 aliphatic rings. The number of nitrogens with one attached hydrogen (secondary N) is 1. The monoisotopic (exact) mass is 310 g/mol. The van der Waals surface area contributed by atoms with Crippen LogP contribution in [0.25, 0.3) is 6.08 Å². The third-order valence-corrected chi connectivity index (χ3v) is 6.26. The van der Waals surface area contributed by atoms with E-state index in [4.69, 9.17) is 0 Å². The van der Waals surface area contributed by atoms with Gasteiger partial charge in [0.1, 0.15) is 0 Å². The molecule has 1 N–H and O–H groups in total. The summed E-state index contributed by atoms with van der Waals surface area (Å²) in [4.78, 5) is 2.83. The normalized spacial score (nSPS) is 32.1. The van der Waals surface area contributed by atoms with E-state index in [0.29, 0.717) is 0 Å². The second-order valence-electron chi connectivity index (χ2n) is 7.69. The summed E-state index contributed by atoms with van der Waals surface area (Å²) in [5, 5.41) is 3.63. The second-order valence-corrected chi connectivity index (χ2v) is 7.69. The molecule has 1 aliphatic carbocycles. The number of piperidine rings is 1. The standard InChI is InChI=1S/C21H30N2/c1-2-6-16-9-11-18(12-10-16)21-19-13-22-14-20(21)23(19)15-17-7-4-3-5-8-17/h2,6,9-12,17,19-22H,3-5,7-8,13-15H2,1H3/b6-2+/t19-,20+,21?. The van der Waals surface area contributed by atoms with Crippen molar-refractivity contribution >= 4 is 6.08 Å². The van der Waals surface area contributed by atoms with E-state index in [9.17, 15) is 0 Å². The molecule has 1 aromatic carbocycles. The number of nitrogens with zero attached hydrogens (tertiary/aromatic N) is 1. The predicted octanol–water partition coefficient (Wildman–Crippen LogP) is 4.04. The minimum Gasteiger partial charge on any atom is -0.314 e. The quantitative estimate of drug-likeness (QED) is 0.903. The van der Waals surface area contributed by atoms with Crippen LogP contribution in [-0.4, -0.2) is 36.6 Å². The molecule has 1 aromatic rings. The first-order chi connectivity index (χ1) is 11.4. The number of piperazine rings is 1. The van der Waals surface area contributed by atoms with Gasteiger partial charge in [-0.2, -0.15) is 0 Å². The Hall–Kier alpha value is -1.12. The van der Waals surface area contributed by atoms with Crippen molar-refractivity contribution in [2.45, 2.75) is 57.0 Å². The van der Waals surface area contributed by atoms with Gasteiger partial charge in [-0.3, -0.25) is 4.90 Å². The first-order valence-corrected chi connectivity index (χ1v) is 9.56. The zero-order chi connectivity index (χ0) is 15.6. The third kappa shape index (κ3) is 2.99. The van der Waals surface area contributed by atoms with E-state index in [1.807, 2.05) is 0 Å². The molecule has 2 nitrogen and oxygen atoms in total. The Morgan fingerprint density at radius 2 is 1.74 bits per heavy atom.